The maximum absolute atomic E-state index is 12.7. The van der Waals surface area contributed by atoms with E-state index in [1.54, 1.807) is 31.2 Å². The Morgan fingerprint density at radius 2 is 1.64 bits per heavy atom. The molecule has 0 heterocycles. The molecule has 0 aromatic heterocycles. The first-order valence-corrected chi connectivity index (χ1v) is 6.78. The number of nitrogens with two attached hydrogens (primary N) is 1. The van der Waals surface area contributed by atoms with Gasteiger partial charge in [-0.05, 0) is 18.6 Å². The van der Waals surface area contributed by atoms with Gasteiger partial charge in [-0.15, -0.1) is 0 Å². The number of carbonyl (C=O) groups excluding carboxylic acids is 3. The summed E-state index contributed by atoms with van der Waals surface area (Å²) in [4.78, 5) is 36.4. The molecule has 110 valence electrons. The normalized spacial score (nSPS) is 12.6. The van der Waals surface area contributed by atoms with Crippen molar-refractivity contribution in [3.63, 3.8) is 0 Å². The number of halogens is 1. The molecule has 0 saturated carbocycles. The molecule has 0 spiro atoms. The molecule has 0 unspecified atom stereocenters. The fourth-order valence-corrected chi connectivity index (χ4v) is 2.77. The summed E-state index contributed by atoms with van der Waals surface area (Å²) >= 11 is 6.20. The molecule has 22 heavy (non-hydrogen) atoms. The molecular formula is C16H10ClNO4. The van der Waals surface area contributed by atoms with Crippen LogP contribution in [0, 0.1) is 6.92 Å². The van der Waals surface area contributed by atoms with Gasteiger partial charge < -0.3 is 10.5 Å². The Kier molecular flexibility index (Phi) is 3.22. The monoisotopic (exact) mass is 315 g/mol. The molecule has 1 aliphatic rings. The van der Waals surface area contributed by atoms with Crippen LogP contribution in [0.15, 0.2) is 30.3 Å². The molecule has 2 aromatic carbocycles. The van der Waals surface area contributed by atoms with Gasteiger partial charge in [0, 0.05) is 11.1 Å². The third kappa shape index (κ3) is 1.98. The van der Waals surface area contributed by atoms with E-state index in [0.717, 1.165) is 0 Å². The highest BCUT2D eigenvalue weighted by atomic mass is 35.5. The van der Waals surface area contributed by atoms with Gasteiger partial charge in [-0.1, -0.05) is 35.9 Å². The highest BCUT2D eigenvalue weighted by Gasteiger charge is 2.35. The summed E-state index contributed by atoms with van der Waals surface area (Å²) in [5.74, 6) is -0.867. The van der Waals surface area contributed by atoms with Gasteiger partial charge in [0.05, 0.1) is 16.1 Å². The third-order valence-electron chi connectivity index (χ3n) is 3.49. The Hall–Kier alpha value is -2.66. The van der Waals surface area contributed by atoms with Gasteiger partial charge in [0.15, 0.2) is 11.6 Å². The number of carbonyl (C=O) groups is 3. The van der Waals surface area contributed by atoms with Gasteiger partial charge in [-0.25, -0.2) is 4.79 Å². The summed E-state index contributed by atoms with van der Waals surface area (Å²) in [6, 6.07) is 7.84. The first-order valence-electron chi connectivity index (χ1n) is 6.40. The zero-order chi connectivity index (χ0) is 16.0. The molecule has 2 aromatic rings. The molecule has 0 bridgehead atoms. The number of amides is 1. The van der Waals surface area contributed by atoms with Crippen molar-refractivity contribution in [3.8, 4) is 5.75 Å². The van der Waals surface area contributed by atoms with E-state index in [2.05, 4.69) is 0 Å². The van der Waals surface area contributed by atoms with Crippen LogP contribution in [0.1, 0.15) is 37.4 Å². The van der Waals surface area contributed by atoms with E-state index in [1.165, 1.54) is 6.07 Å². The Morgan fingerprint density at radius 3 is 2.18 bits per heavy atom. The number of primary amides is 1. The van der Waals surface area contributed by atoms with E-state index in [0.29, 0.717) is 5.56 Å². The van der Waals surface area contributed by atoms with E-state index in [4.69, 9.17) is 22.1 Å². The quantitative estimate of drug-likeness (QED) is 0.748. The molecule has 5 nitrogen and oxygen atoms in total. The predicted molar refractivity (Wildman–Crippen MR) is 79.7 cm³/mol. The van der Waals surface area contributed by atoms with Gasteiger partial charge in [0.25, 0.3) is 0 Å². The van der Waals surface area contributed by atoms with Crippen molar-refractivity contribution in [3.05, 3.63) is 63.2 Å². The molecule has 1 aliphatic carbocycles. The SMILES string of the molecule is Cc1cc(OC(N)=O)c2c(c1Cl)C(=O)c1ccccc1C2=O. The smallest absolute Gasteiger partial charge is 0.409 e. The predicted octanol–water partition coefficient (Wildman–Crippen LogP) is 2.88. The van der Waals surface area contributed by atoms with Crippen molar-refractivity contribution in [1.29, 1.82) is 0 Å². The second-order valence-corrected chi connectivity index (χ2v) is 5.26. The minimum Gasteiger partial charge on any atom is -0.410 e. The van der Waals surface area contributed by atoms with Gasteiger partial charge in [-0.2, -0.15) is 0 Å². The fourth-order valence-electron chi connectivity index (χ4n) is 2.54. The van der Waals surface area contributed by atoms with Crippen LogP contribution >= 0.6 is 11.6 Å². The van der Waals surface area contributed by atoms with Crippen molar-refractivity contribution in [1.82, 2.24) is 0 Å². The van der Waals surface area contributed by atoms with Crippen molar-refractivity contribution in [2.45, 2.75) is 6.92 Å². The molecule has 2 N–H and O–H groups in total. The van der Waals surface area contributed by atoms with Crippen LogP contribution in [0.2, 0.25) is 5.02 Å². The lowest BCUT2D eigenvalue weighted by atomic mass is 9.83. The molecule has 3 rings (SSSR count). The van der Waals surface area contributed by atoms with Gasteiger partial charge in [0.1, 0.15) is 5.75 Å². The van der Waals surface area contributed by atoms with E-state index in [9.17, 15) is 14.4 Å². The van der Waals surface area contributed by atoms with Crippen molar-refractivity contribution in [2.24, 2.45) is 5.73 Å². The number of ketones is 2. The first kappa shape index (κ1) is 14.3. The number of rotatable bonds is 1. The molecule has 0 radical (unpaired) electrons. The number of hydrogen-bond donors (Lipinski definition) is 1. The van der Waals surface area contributed by atoms with Crippen LogP contribution < -0.4 is 10.5 Å². The Bertz CT molecular complexity index is 857. The lowest BCUT2D eigenvalue weighted by Crippen LogP contribution is -2.25. The van der Waals surface area contributed by atoms with Crippen LogP contribution in [-0.2, 0) is 0 Å². The Morgan fingerprint density at radius 1 is 1.09 bits per heavy atom. The molecule has 6 heteroatoms. The molecule has 0 aliphatic heterocycles. The van der Waals surface area contributed by atoms with Crippen molar-refractivity contribution in [2.75, 3.05) is 0 Å². The van der Waals surface area contributed by atoms with Crippen LogP contribution in [0.3, 0.4) is 0 Å². The minimum atomic E-state index is -1.07. The average Bonchev–Trinajstić information content (AvgIpc) is 2.47. The molecular weight excluding hydrogens is 306 g/mol. The number of ether oxygens (including phenoxy) is 1. The Balaban J connectivity index is 2.36. The minimum absolute atomic E-state index is 0.0295. The van der Waals surface area contributed by atoms with E-state index >= 15 is 0 Å². The Labute approximate surface area is 130 Å². The summed E-state index contributed by atoms with van der Waals surface area (Å²) in [6.45, 7) is 1.65. The van der Waals surface area contributed by atoms with Crippen LogP contribution in [-0.4, -0.2) is 17.7 Å². The number of hydrogen-bond acceptors (Lipinski definition) is 4. The third-order valence-corrected chi connectivity index (χ3v) is 3.98. The maximum atomic E-state index is 12.7. The van der Waals surface area contributed by atoms with Gasteiger partial charge in [-0.3, -0.25) is 9.59 Å². The van der Waals surface area contributed by atoms with Crippen molar-refractivity contribution < 1.29 is 19.1 Å². The molecule has 0 saturated heterocycles. The van der Waals surface area contributed by atoms with E-state index < -0.39 is 11.9 Å². The van der Waals surface area contributed by atoms with Crippen LogP contribution in [0.4, 0.5) is 4.79 Å². The molecule has 1 amide bonds. The average molecular weight is 316 g/mol. The zero-order valence-corrected chi connectivity index (χ0v) is 12.2. The number of fused-ring (bicyclic) bond motifs is 2. The second-order valence-electron chi connectivity index (χ2n) is 4.88. The van der Waals surface area contributed by atoms with Gasteiger partial charge in [0.2, 0.25) is 0 Å². The largest absolute Gasteiger partial charge is 0.410 e. The molecule has 0 fully saturated rings. The van der Waals surface area contributed by atoms with Crippen LogP contribution in [0.25, 0.3) is 0 Å². The lowest BCUT2D eigenvalue weighted by Gasteiger charge is -2.21. The summed E-state index contributed by atoms with van der Waals surface area (Å²) in [7, 11) is 0. The molecule has 0 atom stereocenters. The first-order chi connectivity index (χ1) is 10.4. The summed E-state index contributed by atoms with van der Waals surface area (Å²) in [5, 5.41) is 0.166. The number of benzene rings is 2. The van der Waals surface area contributed by atoms with Gasteiger partial charge >= 0.3 is 6.09 Å². The maximum Gasteiger partial charge on any atom is 0.409 e. The summed E-state index contributed by atoms with van der Waals surface area (Å²) in [5.41, 5.74) is 6.08. The topological polar surface area (TPSA) is 86.5 Å². The second kappa shape index (κ2) is 4.96. The summed E-state index contributed by atoms with van der Waals surface area (Å²) in [6.07, 6.45) is -1.07. The standard InChI is InChI=1S/C16H10ClNO4/c1-7-6-10(22-16(18)21)11-12(13(7)17)15(20)9-5-3-2-4-8(9)14(11)19/h2-6H,1H3,(H2,18,21). The van der Waals surface area contributed by atoms with Crippen LogP contribution in [0.5, 0.6) is 5.75 Å². The summed E-state index contributed by atoms with van der Waals surface area (Å²) < 4.78 is 4.89. The van der Waals surface area contributed by atoms with Crippen molar-refractivity contribution >= 4 is 29.3 Å². The fraction of sp³-hybridized carbons (Fsp3) is 0.0625. The zero-order valence-electron chi connectivity index (χ0n) is 11.5. The van der Waals surface area contributed by atoms with E-state index in [-0.39, 0.29) is 38.8 Å². The lowest BCUT2D eigenvalue weighted by molar-refractivity contribution is 0.0976. The number of aryl methyl sites for hydroxylation is 1. The van der Waals surface area contributed by atoms with E-state index in [1.807, 2.05) is 0 Å². The highest BCUT2D eigenvalue weighted by Crippen LogP contribution is 2.39. The highest BCUT2D eigenvalue weighted by molar-refractivity contribution is 6.40.